The van der Waals surface area contributed by atoms with Gasteiger partial charge < -0.3 is 14.6 Å². The number of carbonyl (C=O) groups is 2. The molecule has 0 bridgehead atoms. The van der Waals surface area contributed by atoms with Crippen molar-refractivity contribution >= 4 is 17.7 Å². The monoisotopic (exact) mass is 305 g/mol. The summed E-state index contributed by atoms with van der Waals surface area (Å²) in [5, 5.41) is 21.1. The third kappa shape index (κ3) is 3.88. The second kappa shape index (κ2) is 6.48. The Morgan fingerprint density at radius 2 is 1.95 bits per heavy atom. The molecule has 0 atom stereocenters. The molecule has 0 radical (unpaired) electrons. The summed E-state index contributed by atoms with van der Waals surface area (Å²) in [6.45, 7) is -0.189. The van der Waals surface area contributed by atoms with Crippen molar-refractivity contribution in [2.75, 3.05) is 0 Å². The van der Waals surface area contributed by atoms with E-state index in [9.17, 15) is 24.8 Å². The Morgan fingerprint density at radius 1 is 1.27 bits per heavy atom. The SMILES string of the molecule is O=C(C[n+]1ccn(C(=O)[O-])c1)OCc1ccc([N+](=O)[O-])cc1. The molecule has 0 unspecified atom stereocenters. The van der Waals surface area contributed by atoms with E-state index in [1.165, 1.54) is 47.6 Å². The van der Waals surface area contributed by atoms with E-state index in [-0.39, 0.29) is 18.8 Å². The Kier molecular flexibility index (Phi) is 4.47. The lowest BCUT2D eigenvalue weighted by Crippen LogP contribution is -2.38. The summed E-state index contributed by atoms with van der Waals surface area (Å²) in [5.41, 5.74) is 0.561. The van der Waals surface area contributed by atoms with Gasteiger partial charge in [0.2, 0.25) is 6.09 Å². The van der Waals surface area contributed by atoms with Crippen LogP contribution in [0, 0.1) is 10.1 Å². The van der Waals surface area contributed by atoms with Gasteiger partial charge in [-0.25, -0.2) is 9.36 Å². The molecule has 0 fully saturated rings. The highest BCUT2D eigenvalue weighted by atomic mass is 16.6. The van der Waals surface area contributed by atoms with Crippen LogP contribution < -0.4 is 9.67 Å². The van der Waals surface area contributed by atoms with E-state index in [0.29, 0.717) is 5.56 Å². The molecule has 9 nitrogen and oxygen atoms in total. The predicted molar refractivity (Wildman–Crippen MR) is 68.3 cm³/mol. The fraction of sp³-hybridized carbons (Fsp3) is 0.154. The van der Waals surface area contributed by atoms with Crippen molar-refractivity contribution in [1.82, 2.24) is 4.57 Å². The van der Waals surface area contributed by atoms with E-state index in [1.807, 2.05) is 0 Å². The first-order valence-electron chi connectivity index (χ1n) is 6.13. The lowest BCUT2D eigenvalue weighted by Gasteiger charge is -2.03. The Bertz CT molecular complexity index is 707. The molecule has 0 amide bonds. The van der Waals surface area contributed by atoms with Crippen LogP contribution in [0.5, 0.6) is 0 Å². The van der Waals surface area contributed by atoms with E-state index in [0.717, 1.165) is 4.57 Å². The van der Waals surface area contributed by atoms with Gasteiger partial charge in [0.1, 0.15) is 19.0 Å². The summed E-state index contributed by atoms with van der Waals surface area (Å²) < 4.78 is 7.12. The van der Waals surface area contributed by atoms with Gasteiger partial charge >= 0.3 is 5.97 Å². The van der Waals surface area contributed by atoms with Gasteiger partial charge in [-0.3, -0.25) is 10.1 Å². The van der Waals surface area contributed by atoms with Crippen molar-refractivity contribution in [2.45, 2.75) is 13.2 Å². The average Bonchev–Trinajstić information content (AvgIpc) is 2.94. The van der Waals surface area contributed by atoms with Crippen molar-refractivity contribution in [2.24, 2.45) is 0 Å². The van der Waals surface area contributed by atoms with Gasteiger partial charge in [0.25, 0.3) is 12.0 Å². The molecule has 0 aliphatic rings. The number of carbonyl (C=O) groups excluding carboxylic acids is 2. The van der Waals surface area contributed by atoms with E-state index in [2.05, 4.69) is 0 Å². The highest BCUT2D eigenvalue weighted by Crippen LogP contribution is 2.12. The highest BCUT2D eigenvalue weighted by molar-refractivity contribution is 5.68. The van der Waals surface area contributed by atoms with Gasteiger partial charge in [0, 0.05) is 12.1 Å². The number of non-ortho nitro benzene ring substituents is 1. The standard InChI is InChI=1S/C13H11N3O6/c17-12(7-14-5-6-15(9-14)13(18)19)22-8-10-1-3-11(4-2-10)16(20)21/h1-6,9H,7-8H2. The van der Waals surface area contributed by atoms with Crippen LogP contribution in [-0.4, -0.2) is 21.6 Å². The molecule has 1 heterocycles. The molecule has 0 N–H and O–H groups in total. The van der Waals surface area contributed by atoms with Gasteiger partial charge in [-0.1, -0.05) is 0 Å². The number of carboxylic acid groups (broad SMARTS) is 1. The number of hydrogen-bond acceptors (Lipinski definition) is 6. The first-order valence-corrected chi connectivity index (χ1v) is 6.13. The quantitative estimate of drug-likeness (QED) is 0.321. The minimum absolute atomic E-state index is 0.0292. The van der Waals surface area contributed by atoms with Crippen LogP contribution in [0.1, 0.15) is 5.56 Å². The number of benzene rings is 1. The summed E-state index contributed by atoms with van der Waals surface area (Å²) in [4.78, 5) is 32.2. The van der Waals surface area contributed by atoms with Crippen LogP contribution in [0.2, 0.25) is 0 Å². The summed E-state index contributed by atoms with van der Waals surface area (Å²) in [5.74, 6) is -0.570. The number of aromatic nitrogens is 2. The molecule has 114 valence electrons. The van der Waals surface area contributed by atoms with Crippen LogP contribution in [0.25, 0.3) is 0 Å². The number of esters is 1. The second-order valence-electron chi connectivity index (χ2n) is 4.34. The van der Waals surface area contributed by atoms with E-state index in [4.69, 9.17) is 4.74 Å². The minimum Gasteiger partial charge on any atom is -0.510 e. The van der Waals surface area contributed by atoms with Crippen molar-refractivity contribution < 1.29 is 28.9 Å². The number of rotatable bonds is 5. The van der Waals surface area contributed by atoms with E-state index in [1.54, 1.807) is 0 Å². The molecule has 0 spiro atoms. The van der Waals surface area contributed by atoms with Crippen molar-refractivity contribution in [1.29, 1.82) is 0 Å². The number of nitrogens with zero attached hydrogens (tertiary/aromatic N) is 3. The van der Waals surface area contributed by atoms with Gasteiger partial charge in [-0.2, -0.15) is 4.57 Å². The molecule has 2 rings (SSSR count). The molecule has 0 saturated carbocycles. The van der Waals surface area contributed by atoms with Crippen LogP contribution in [-0.2, 0) is 22.7 Å². The maximum Gasteiger partial charge on any atom is 0.348 e. The van der Waals surface area contributed by atoms with E-state index >= 15 is 0 Å². The fourth-order valence-electron chi connectivity index (χ4n) is 1.67. The lowest BCUT2D eigenvalue weighted by atomic mass is 10.2. The summed E-state index contributed by atoms with van der Waals surface area (Å²) >= 11 is 0. The maximum absolute atomic E-state index is 11.6. The molecule has 0 aliphatic carbocycles. The Labute approximate surface area is 124 Å². The summed E-state index contributed by atoms with van der Waals surface area (Å²) in [6, 6.07) is 5.62. The lowest BCUT2D eigenvalue weighted by molar-refractivity contribution is -0.685. The molecule has 2 aromatic rings. The minimum atomic E-state index is -1.40. The van der Waals surface area contributed by atoms with E-state index < -0.39 is 17.0 Å². The smallest absolute Gasteiger partial charge is 0.348 e. The van der Waals surface area contributed by atoms with Gasteiger partial charge in [-0.05, 0) is 17.7 Å². The van der Waals surface area contributed by atoms with Gasteiger partial charge in [0.05, 0.1) is 4.92 Å². The first kappa shape index (κ1) is 15.2. The Balaban J connectivity index is 1.86. The normalized spacial score (nSPS) is 10.2. The molecule has 1 aromatic heterocycles. The molecule has 22 heavy (non-hydrogen) atoms. The zero-order valence-electron chi connectivity index (χ0n) is 11.2. The Hall–Kier alpha value is -3.23. The number of ether oxygens (including phenoxy) is 1. The van der Waals surface area contributed by atoms with Crippen molar-refractivity contribution in [3.8, 4) is 0 Å². The molecule has 0 aliphatic heterocycles. The molecule has 0 saturated heterocycles. The average molecular weight is 305 g/mol. The number of nitro benzene ring substituents is 1. The van der Waals surface area contributed by atoms with Crippen LogP contribution in [0.15, 0.2) is 43.0 Å². The predicted octanol–water partition coefficient (Wildman–Crippen LogP) is -0.381. The van der Waals surface area contributed by atoms with Crippen LogP contribution in [0.4, 0.5) is 10.5 Å². The van der Waals surface area contributed by atoms with Crippen LogP contribution >= 0.6 is 0 Å². The molecule has 1 aromatic carbocycles. The van der Waals surface area contributed by atoms with Gasteiger partial charge in [0.15, 0.2) is 6.54 Å². The zero-order chi connectivity index (χ0) is 16.1. The zero-order valence-corrected chi connectivity index (χ0v) is 11.2. The third-order valence-electron chi connectivity index (χ3n) is 2.76. The molecular formula is C13H11N3O6. The van der Waals surface area contributed by atoms with Crippen molar-refractivity contribution in [3.63, 3.8) is 0 Å². The fourth-order valence-corrected chi connectivity index (χ4v) is 1.67. The number of hydrogen-bond donors (Lipinski definition) is 0. The number of nitro groups is 1. The largest absolute Gasteiger partial charge is 0.510 e. The number of imidazole rings is 1. The van der Waals surface area contributed by atoms with Gasteiger partial charge in [-0.15, -0.1) is 0 Å². The topological polar surface area (TPSA) is 118 Å². The Morgan fingerprint density at radius 3 is 2.50 bits per heavy atom. The second-order valence-corrected chi connectivity index (χ2v) is 4.34. The highest BCUT2D eigenvalue weighted by Gasteiger charge is 2.11. The first-order chi connectivity index (χ1) is 10.5. The molecular weight excluding hydrogens is 294 g/mol. The third-order valence-corrected chi connectivity index (χ3v) is 2.76. The summed E-state index contributed by atoms with van der Waals surface area (Å²) in [6.07, 6.45) is 2.41. The molecule has 9 heteroatoms. The van der Waals surface area contributed by atoms with Crippen LogP contribution in [0.3, 0.4) is 0 Å². The summed E-state index contributed by atoms with van der Waals surface area (Å²) in [7, 11) is 0. The van der Waals surface area contributed by atoms with Crippen molar-refractivity contribution in [3.05, 3.63) is 58.7 Å². The maximum atomic E-state index is 11.6.